The van der Waals surface area contributed by atoms with Gasteiger partial charge in [0.25, 0.3) is 0 Å². The van der Waals surface area contributed by atoms with Crippen LogP contribution in [0.2, 0.25) is 0 Å². The van der Waals surface area contributed by atoms with Gasteiger partial charge in [-0.1, -0.05) is 60.7 Å². The minimum atomic E-state index is -0.879. The third-order valence-electron chi connectivity index (χ3n) is 4.91. The normalized spacial score (nSPS) is 9.72. The average molecular weight is 488 g/mol. The van der Waals surface area contributed by atoms with E-state index in [1.165, 1.54) is 13.8 Å². The summed E-state index contributed by atoms with van der Waals surface area (Å²) >= 11 is 0. The van der Waals surface area contributed by atoms with Crippen molar-refractivity contribution in [3.8, 4) is 11.5 Å². The Kier molecular flexibility index (Phi) is 9.45. The summed E-state index contributed by atoms with van der Waals surface area (Å²) in [7, 11) is 0. The van der Waals surface area contributed by atoms with Gasteiger partial charge in [0.2, 0.25) is 0 Å². The summed E-state index contributed by atoms with van der Waals surface area (Å²) in [5.74, 6) is -3.56. The molecule has 0 fully saturated rings. The van der Waals surface area contributed by atoms with Gasteiger partial charge in [0, 0.05) is 0 Å². The Morgan fingerprint density at radius 2 is 0.778 bits per heavy atom. The number of hydrogen-bond acceptors (Lipinski definition) is 6. The minimum absolute atomic E-state index is 0.0353. The molecule has 0 spiro atoms. The number of fused-ring (bicyclic) bond motifs is 1. The van der Waals surface area contributed by atoms with Gasteiger partial charge in [0.15, 0.2) is 23.1 Å². The summed E-state index contributed by atoms with van der Waals surface area (Å²) < 4.78 is 0. The molecule has 0 saturated carbocycles. The zero-order valence-corrected chi connectivity index (χ0v) is 19.5. The molecular formula is C28H24O8. The Balaban J connectivity index is 0.000000212. The van der Waals surface area contributed by atoms with E-state index in [9.17, 15) is 29.4 Å². The first kappa shape index (κ1) is 27.3. The summed E-state index contributed by atoms with van der Waals surface area (Å²) in [5.41, 5.74) is 0.733. The van der Waals surface area contributed by atoms with Gasteiger partial charge in [-0.3, -0.25) is 9.59 Å². The Morgan fingerprint density at radius 3 is 1.00 bits per heavy atom. The number of benzene rings is 4. The molecule has 0 unspecified atom stereocenters. The van der Waals surface area contributed by atoms with Gasteiger partial charge in [-0.05, 0) is 48.9 Å². The van der Waals surface area contributed by atoms with Crippen LogP contribution >= 0.6 is 0 Å². The third-order valence-corrected chi connectivity index (χ3v) is 4.91. The Labute approximate surface area is 206 Å². The first-order valence-corrected chi connectivity index (χ1v) is 10.6. The van der Waals surface area contributed by atoms with Crippen LogP contribution in [0, 0.1) is 0 Å². The third kappa shape index (κ3) is 6.77. The second kappa shape index (κ2) is 12.5. The lowest BCUT2D eigenvalue weighted by atomic mass is 9.94. The van der Waals surface area contributed by atoms with Crippen molar-refractivity contribution < 1.29 is 39.6 Å². The number of phenolic OH excluding ortho intramolecular Hbond substituents is 2. The highest BCUT2D eigenvalue weighted by Crippen LogP contribution is 2.40. The van der Waals surface area contributed by atoms with Crippen LogP contribution in [0.1, 0.15) is 55.3 Å². The number of carboxylic acid groups (broad SMARTS) is 2. The van der Waals surface area contributed by atoms with Gasteiger partial charge in [-0.15, -0.1) is 0 Å². The van der Waals surface area contributed by atoms with E-state index in [1.54, 1.807) is 84.9 Å². The van der Waals surface area contributed by atoms with Crippen LogP contribution in [0.5, 0.6) is 11.5 Å². The number of Topliss-reactive ketones (excluding diaryl/α,β-unsaturated/α-hetero) is 2. The van der Waals surface area contributed by atoms with Crippen molar-refractivity contribution >= 4 is 34.3 Å². The number of carbonyl (C=O) groups is 4. The maximum Gasteiger partial charge on any atom is 0.335 e. The molecule has 0 aliphatic rings. The predicted molar refractivity (Wildman–Crippen MR) is 134 cm³/mol. The predicted octanol–water partition coefficient (Wildman–Crippen LogP) is 5.43. The fraction of sp³-hybridized carbons (Fsp3) is 0.0714. The molecule has 0 aliphatic heterocycles. The molecule has 0 aliphatic carbocycles. The van der Waals surface area contributed by atoms with Crippen LogP contribution in [0.15, 0.2) is 84.9 Å². The van der Waals surface area contributed by atoms with Crippen molar-refractivity contribution in [1.82, 2.24) is 0 Å². The Morgan fingerprint density at radius 1 is 0.500 bits per heavy atom. The van der Waals surface area contributed by atoms with Gasteiger partial charge in [0.05, 0.1) is 22.3 Å². The summed E-state index contributed by atoms with van der Waals surface area (Å²) in [6.45, 7) is 2.60. The smallest absolute Gasteiger partial charge is 0.335 e. The maximum atomic E-state index is 11.6. The largest absolute Gasteiger partial charge is 0.504 e. The van der Waals surface area contributed by atoms with Gasteiger partial charge in [0.1, 0.15) is 0 Å². The fourth-order valence-corrected chi connectivity index (χ4v) is 3.29. The van der Waals surface area contributed by atoms with E-state index in [0.717, 1.165) is 0 Å². The first-order chi connectivity index (χ1) is 17.1. The molecule has 0 atom stereocenters. The first-order valence-electron chi connectivity index (χ1n) is 10.6. The molecule has 184 valence electrons. The second-order valence-corrected chi connectivity index (χ2v) is 7.45. The van der Waals surface area contributed by atoms with E-state index in [-0.39, 0.29) is 22.7 Å². The van der Waals surface area contributed by atoms with Crippen LogP contribution < -0.4 is 0 Å². The standard InChI is InChI=1S/C14H12O4.2C7H6O2/c1-7(15)11-9-5-3-4-6-10(9)12(8(2)16)14(18)13(11)17;2*8-7(9)6-4-2-1-3-5-6/h3-6,17-18H,1-2H3;2*1-5H,(H,8,9). The van der Waals surface area contributed by atoms with Crippen molar-refractivity contribution in [2.45, 2.75) is 13.8 Å². The van der Waals surface area contributed by atoms with Crippen LogP contribution in [-0.2, 0) is 0 Å². The van der Waals surface area contributed by atoms with Crippen LogP contribution in [-0.4, -0.2) is 43.9 Å². The molecule has 0 aromatic heterocycles. The zero-order chi connectivity index (χ0) is 26.8. The SMILES string of the molecule is CC(=O)c1c(O)c(O)c(C(C)=O)c2ccccc12.O=C(O)c1ccccc1.O=C(O)c1ccccc1. The lowest BCUT2D eigenvalue weighted by molar-refractivity contribution is 0.0686. The van der Waals surface area contributed by atoms with Gasteiger partial charge < -0.3 is 20.4 Å². The Bertz CT molecular complexity index is 1290. The van der Waals surface area contributed by atoms with E-state index < -0.39 is 23.4 Å². The van der Waals surface area contributed by atoms with Crippen molar-refractivity contribution in [2.75, 3.05) is 0 Å². The molecule has 0 heterocycles. The van der Waals surface area contributed by atoms with Gasteiger partial charge >= 0.3 is 11.9 Å². The number of rotatable bonds is 4. The van der Waals surface area contributed by atoms with Crippen LogP contribution in [0.3, 0.4) is 0 Å². The Hall–Kier alpha value is -4.98. The number of aromatic hydroxyl groups is 2. The second-order valence-electron chi connectivity index (χ2n) is 7.45. The molecule has 8 heteroatoms. The lowest BCUT2D eigenvalue weighted by Crippen LogP contribution is -2.01. The highest BCUT2D eigenvalue weighted by molar-refractivity contribution is 6.18. The number of aromatic carboxylic acids is 2. The quantitative estimate of drug-likeness (QED) is 0.220. The maximum absolute atomic E-state index is 11.6. The molecule has 4 aromatic rings. The van der Waals surface area contributed by atoms with Crippen molar-refractivity contribution in [3.63, 3.8) is 0 Å². The minimum Gasteiger partial charge on any atom is -0.504 e. The summed E-state index contributed by atoms with van der Waals surface area (Å²) in [5, 5.41) is 37.4. The molecule has 0 saturated heterocycles. The number of phenols is 2. The summed E-state index contributed by atoms with van der Waals surface area (Å²) in [6.07, 6.45) is 0. The van der Waals surface area contributed by atoms with E-state index in [2.05, 4.69) is 0 Å². The molecule has 4 N–H and O–H groups in total. The number of hydrogen-bond donors (Lipinski definition) is 4. The fourth-order valence-electron chi connectivity index (χ4n) is 3.29. The molecule has 0 radical (unpaired) electrons. The van der Waals surface area contributed by atoms with E-state index in [1.807, 2.05) is 0 Å². The highest BCUT2D eigenvalue weighted by Gasteiger charge is 2.22. The van der Waals surface area contributed by atoms with Crippen LogP contribution in [0.4, 0.5) is 0 Å². The van der Waals surface area contributed by atoms with E-state index in [0.29, 0.717) is 21.9 Å². The topological polar surface area (TPSA) is 149 Å². The van der Waals surface area contributed by atoms with Crippen molar-refractivity contribution in [1.29, 1.82) is 0 Å². The van der Waals surface area contributed by atoms with Gasteiger partial charge in [-0.25, -0.2) is 9.59 Å². The average Bonchev–Trinajstić information content (AvgIpc) is 2.86. The molecule has 36 heavy (non-hydrogen) atoms. The van der Waals surface area contributed by atoms with Crippen LogP contribution in [0.25, 0.3) is 10.8 Å². The molecule has 8 nitrogen and oxygen atoms in total. The molecule has 0 bridgehead atoms. The van der Waals surface area contributed by atoms with Gasteiger partial charge in [-0.2, -0.15) is 0 Å². The lowest BCUT2D eigenvalue weighted by Gasteiger charge is -2.12. The monoisotopic (exact) mass is 488 g/mol. The molecule has 0 amide bonds. The number of carbonyl (C=O) groups excluding carboxylic acids is 2. The van der Waals surface area contributed by atoms with Crippen molar-refractivity contribution in [3.05, 3.63) is 107 Å². The zero-order valence-electron chi connectivity index (χ0n) is 19.5. The van der Waals surface area contributed by atoms with Crippen molar-refractivity contribution in [2.24, 2.45) is 0 Å². The molecular weight excluding hydrogens is 464 g/mol. The molecule has 4 aromatic carbocycles. The number of carboxylic acids is 2. The van der Waals surface area contributed by atoms with E-state index >= 15 is 0 Å². The molecule has 4 rings (SSSR count). The number of ketones is 2. The van der Waals surface area contributed by atoms with E-state index in [4.69, 9.17) is 10.2 Å². The summed E-state index contributed by atoms with van der Waals surface area (Å²) in [6, 6.07) is 23.3. The summed E-state index contributed by atoms with van der Waals surface area (Å²) in [4.78, 5) is 43.5. The highest BCUT2D eigenvalue weighted by atomic mass is 16.4.